The van der Waals surface area contributed by atoms with Crippen LogP contribution in [0, 0.1) is 6.92 Å². The molecule has 17 heteroatoms. The number of hydrogen-bond acceptors (Lipinski definition) is 12. The van der Waals surface area contributed by atoms with Crippen LogP contribution >= 0.6 is 8.17 Å². The maximum Gasteiger partial charge on any atom is 0.395 e. The monoisotopic (exact) mass is 552 g/mol. The van der Waals surface area contributed by atoms with Crippen LogP contribution in [-0.2, 0) is 14.3 Å². The van der Waals surface area contributed by atoms with E-state index in [4.69, 9.17) is 24.3 Å². The summed E-state index contributed by atoms with van der Waals surface area (Å²) in [4.78, 5) is 52.1. The second-order valence-electron chi connectivity index (χ2n) is 8.08. The van der Waals surface area contributed by atoms with E-state index in [-0.39, 0.29) is 18.1 Å². The fourth-order valence-corrected chi connectivity index (χ4v) is 4.18. The molecule has 1 fully saturated rings. The summed E-state index contributed by atoms with van der Waals surface area (Å²) in [5.41, 5.74) is 5.87. The van der Waals surface area contributed by atoms with Gasteiger partial charge in [0.1, 0.15) is 24.6 Å². The summed E-state index contributed by atoms with van der Waals surface area (Å²) in [7, 11) is -2.65. The molecule has 3 N–H and O–H groups in total. The molecular weight excluding hydrogens is 527 g/mol. The highest BCUT2D eigenvalue weighted by Gasteiger charge is 2.56. The number of nitrogens with one attached hydrogen (secondary N) is 1. The average molecular weight is 552 g/mol. The molecule has 204 valence electrons. The molecule has 1 aliphatic rings. The van der Waals surface area contributed by atoms with Crippen LogP contribution in [0.1, 0.15) is 25.6 Å². The molecule has 0 saturated carbocycles. The molecule has 1 saturated heterocycles. The van der Waals surface area contributed by atoms with Crippen molar-refractivity contribution >= 4 is 14.1 Å². The first-order chi connectivity index (χ1) is 18.0. The van der Waals surface area contributed by atoms with E-state index in [1.165, 1.54) is 19.1 Å². The quantitative estimate of drug-likeness (QED) is 0.120. The Morgan fingerprint density at radius 1 is 1.39 bits per heavy atom. The summed E-state index contributed by atoms with van der Waals surface area (Å²) in [6.45, 7) is 4.22. The van der Waals surface area contributed by atoms with Gasteiger partial charge in [-0.2, -0.15) is 0 Å². The number of aromatic nitrogens is 2. The van der Waals surface area contributed by atoms with E-state index in [1.807, 2.05) is 4.98 Å². The molecule has 16 nitrogen and oxygen atoms in total. The molecule has 38 heavy (non-hydrogen) atoms. The molecule has 1 unspecified atom stereocenters. The van der Waals surface area contributed by atoms with Crippen LogP contribution in [0.15, 0.2) is 49.9 Å². The smallest absolute Gasteiger partial charge is 0.395 e. The normalized spacial score (nSPS) is 23.8. The molecule has 0 aliphatic carbocycles. The van der Waals surface area contributed by atoms with Crippen LogP contribution in [0.5, 0.6) is 11.5 Å². The summed E-state index contributed by atoms with van der Waals surface area (Å²) < 4.78 is 26.0. The van der Waals surface area contributed by atoms with Gasteiger partial charge in [0.05, 0.1) is 6.61 Å². The van der Waals surface area contributed by atoms with Crippen LogP contribution in [0.2, 0.25) is 0 Å². The van der Waals surface area contributed by atoms with Crippen molar-refractivity contribution in [2.45, 2.75) is 51.0 Å². The summed E-state index contributed by atoms with van der Waals surface area (Å²) in [6.07, 6.45) is -4.05. The zero-order chi connectivity index (χ0) is 28.0. The van der Waals surface area contributed by atoms with Crippen molar-refractivity contribution in [3.63, 3.8) is 0 Å². The average Bonchev–Trinajstić information content (AvgIpc) is 3.10. The lowest BCUT2D eigenvalue weighted by Gasteiger charge is -2.27. The molecule has 0 spiro atoms. The highest BCUT2D eigenvalue weighted by Crippen LogP contribution is 2.39. The summed E-state index contributed by atoms with van der Waals surface area (Å²) in [5.74, 6) is -0.447. The van der Waals surface area contributed by atoms with Gasteiger partial charge >= 0.3 is 19.8 Å². The van der Waals surface area contributed by atoms with Gasteiger partial charge in [-0.1, -0.05) is 15.9 Å². The fourth-order valence-electron chi connectivity index (χ4n) is 3.47. The Morgan fingerprint density at radius 3 is 2.79 bits per heavy atom. The molecule has 2 aromatic rings. The first-order valence-electron chi connectivity index (χ1n) is 11.2. The predicted molar refractivity (Wildman–Crippen MR) is 128 cm³/mol. The number of nitrogens with zero attached hydrogens (tertiary/aromatic N) is 5. The molecule has 0 bridgehead atoms. The van der Waals surface area contributed by atoms with Crippen molar-refractivity contribution in [2.24, 2.45) is 9.86 Å². The number of carbonyl (C=O) groups is 1. The number of aryl methyl sites for hydroxylation is 1. The van der Waals surface area contributed by atoms with E-state index >= 15 is 0 Å². The standard InChI is InChI=1S/C21H25N6O10P/c1-4-34-19(31)12(3)24-38(33)37-13-6-5-11(2)14(9-13)35-10-21(25-26-22)17(30)16(29)18(36-21)27-8-7-15(28)23-20(27)32/h5-9,12,16-18,29-30H,4,10H2,1-3H3,(H,23,28,32)/t12-,16+,17-,18+,21+/m0/s1. The maximum atomic E-state index is 12.3. The van der Waals surface area contributed by atoms with Crippen LogP contribution in [-0.4, -0.2) is 62.9 Å². The van der Waals surface area contributed by atoms with Crippen molar-refractivity contribution in [3.05, 3.63) is 67.3 Å². The number of rotatable bonds is 10. The SMILES string of the molecule is CCOC(=O)[C@H](C)N=[P+]([O-])Oc1ccc(C)c(OC[C@@]2(N=[N+]=[N-])O[C@@H](n3ccc(=O)[nH]c3=O)[C@H](O)[C@@H]2O)c1. The summed E-state index contributed by atoms with van der Waals surface area (Å²) in [5, 5.41) is 24.7. The lowest BCUT2D eigenvalue weighted by Crippen LogP contribution is -2.46. The molecule has 1 aromatic carbocycles. The van der Waals surface area contributed by atoms with E-state index in [9.17, 15) is 29.5 Å². The largest absolute Gasteiger partial charge is 0.575 e. The lowest BCUT2D eigenvalue weighted by atomic mass is 10.1. The van der Waals surface area contributed by atoms with E-state index in [2.05, 4.69) is 14.8 Å². The van der Waals surface area contributed by atoms with Gasteiger partial charge in [0, 0.05) is 23.2 Å². The number of aromatic amines is 1. The molecule has 1 aromatic heterocycles. The number of ether oxygens (including phenoxy) is 3. The second kappa shape index (κ2) is 12.2. The van der Waals surface area contributed by atoms with Crippen molar-refractivity contribution < 1.29 is 38.6 Å². The Balaban J connectivity index is 1.81. The number of hydrogen-bond donors (Lipinski definition) is 3. The first kappa shape index (κ1) is 28.8. The topological polar surface area (TPSA) is 233 Å². The van der Waals surface area contributed by atoms with Gasteiger partial charge in [0.2, 0.25) is 5.72 Å². The van der Waals surface area contributed by atoms with Crippen LogP contribution in [0.4, 0.5) is 0 Å². The van der Waals surface area contributed by atoms with E-state index < -0.39 is 62.2 Å². The third-order valence-corrected chi connectivity index (χ3v) is 6.32. The Hall–Kier alpha value is -3.78. The van der Waals surface area contributed by atoms with Crippen LogP contribution < -0.4 is 25.4 Å². The maximum absolute atomic E-state index is 12.3. The van der Waals surface area contributed by atoms with Crippen molar-refractivity contribution in [2.75, 3.05) is 13.2 Å². The highest BCUT2D eigenvalue weighted by molar-refractivity contribution is 7.34. The zero-order valence-electron chi connectivity index (χ0n) is 20.5. The molecule has 0 amide bonds. The third kappa shape index (κ3) is 6.37. The summed E-state index contributed by atoms with van der Waals surface area (Å²) >= 11 is 0. The van der Waals surface area contributed by atoms with Gasteiger partial charge in [0.25, 0.3) is 5.56 Å². The fraction of sp³-hybridized carbons (Fsp3) is 0.476. The zero-order valence-corrected chi connectivity index (χ0v) is 21.3. The molecule has 1 aliphatic heterocycles. The van der Waals surface area contributed by atoms with E-state index in [1.54, 1.807) is 19.9 Å². The second-order valence-corrected chi connectivity index (χ2v) is 8.97. The third-order valence-electron chi connectivity index (χ3n) is 5.41. The molecule has 2 heterocycles. The van der Waals surface area contributed by atoms with Gasteiger partial charge in [-0.05, 0) is 37.9 Å². The molecular formula is C21H25N6O10P. The predicted octanol–water partition coefficient (Wildman–Crippen LogP) is 0.367. The highest BCUT2D eigenvalue weighted by atomic mass is 31.1. The van der Waals surface area contributed by atoms with E-state index in [0.29, 0.717) is 5.56 Å². The van der Waals surface area contributed by atoms with Crippen molar-refractivity contribution in [1.29, 1.82) is 0 Å². The molecule has 3 rings (SSSR count). The number of azide groups is 1. The van der Waals surface area contributed by atoms with Gasteiger partial charge in [0.15, 0.2) is 18.0 Å². The number of aliphatic hydroxyl groups is 2. The van der Waals surface area contributed by atoms with Crippen molar-refractivity contribution in [3.8, 4) is 11.5 Å². The van der Waals surface area contributed by atoms with Crippen LogP contribution in [0.25, 0.3) is 10.4 Å². The van der Waals surface area contributed by atoms with Crippen LogP contribution in [0.3, 0.4) is 0 Å². The Morgan fingerprint density at radius 2 is 2.13 bits per heavy atom. The Kier molecular flexibility index (Phi) is 9.22. The lowest BCUT2D eigenvalue weighted by molar-refractivity contribution is -0.169. The van der Waals surface area contributed by atoms with Crippen molar-refractivity contribution in [1.82, 2.24) is 9.55 Å². The first-order valence-corrected chi connectivity index (χ1v) is 12.3. The van der Waals surface area contributed by atoms with Gasteiger partial charge < -0.3 is 29.3 Å². The number of carbonyl (C=O) groups excluding carboxylic acids is 1. The Bertz CT molecular complexity index is 1370. The summed E-state index contributed by atoms with van der Waals surface area (Å²) in [6, 6.07) is 4.38. The minimum Gasteiger partial charge on any atom is -0.575 e. The van der Waals surface area contributed by atoms with Gasteiger partial charge in [-0.25, -0.2) is 9.59 Å². The molecule has 6 atom stereocenters. The van der Waals surface area contributed by atoms with E-state index in [0.717, 1.165) is 16.8 Å². The van der Waals surface area contributed by atoms with Gasteiger partial charge in [-0.3, -0.25) is 18.9 Å². The minimum atomic E-state index is -2.65. The molecule has 0 radical (unpaired) electrons. The minimum absolute atomic E-state index is 0.0648. The Labute approximate surface area is 215 Å². The number of aliphatic hydroxyl groups excluding tert-OH is 2. The number of H-pyrrole nitrogens is 1. The number of esters is 1. The number of benzene rings is 1. The van der Waals surface area contributed by atoms with Gasteiger partial charge in [-0.15, -0.1) is 0 Å².